The number of hydrogen-bond acceptors (Lipinski definition) is 6. The fourth-order valence-corrected chi connectivity index (χ4v) is 4.44. The minimum atomic E-state index is -0.0490. The third-order valence-electron chi connectivity index (χ3n) is 3.68. The fourth-order valence-electron chi connectivity index (χ4n) is 2.50. The molecule has 5 nitrogen and oxygen atoms in total. The molecule has 0 aliphatic heterocycles. The Morgan fingerprint density at radius 2 is 2.12 bits per heavy atom. The van der Waals surface area contributed by atoms with E-state index in [-0.39, 0.29) is 12.2 Å². The van der Waals surface area contributed by atoms with Crippen molar-refractivity contribution in [3.63, 3.8) is 0 Å². The van der Waals surface area contributed by atoms with E-state index < -0.39 is 0 Å². The van der Waals surface area contributed by atoms with Crippen molar-refractivity contribution in [2.24, 2.45) is 0 Å². The number of benzene rings is 1. The Kier molecular flexibility index (Phi) is 6.62. The molecule has 7 heteroatoms. The average Bonchev–Trinajstić information content (AvgIpc) is 3.09. The molecule has 3 aromatic rings. The third kappa shape index (κ3) is 4.24. The zero-order valence-electron chi connectivity index (χ0n) is 14.3. The Morgan fingerprint density at radius 3 is 2.85 bits per heavy atom. The van der Waals surface area contributed by atoms with Crippen LogP contribution in [-0.4, -0.2) is 40.2 Å². The zero-order valence-corrected chi connectivity index (χ0v) is 15.9. The zero-order chi connectivity index (χ0) is 18.4. The van der Waals surface area contributed by atoms with E-state index in [0.717, 1.165) is 15.3 Å². The van der Waals surface area contributed by atoms with Crippen LogP contribution in [0.4, 0.5) is 0 Å². The highest BCUT2D eigenvalue weighted by molar-refractivity contribution is 7.99. The quantitative estimate of drug-likeness (QED) is 0.263. The van der Waals surface area contributed by atoms with Gasteiger partial charge in [0.1, 0.15) is 4.83 Å². The summed E-state index contributed by atoms with van der Waals surface area (Å²) >= 11 is 3.00. The monoisotopic (exact) mass is 388 g/mol. The largest absolute Gasteiger partial charge is 0.394 e. The predicted molar refractivity (Wildman–Crippen MR) is 108 cm³/mol. The van der Waals surface area contributed by atoms with Crippen LogP contribution in [0.15, 0.2) is 59.0 Å². The first kappa shape index (κ1) is 18.8. The molecule has 0 aliphatic carbocycles. The van der Waals surface area contributed by atoms with Gasteiger partial charge in [0.15, 0.2) is 5.16 Å². The van der Waals surface area contributed by atoms with E-state index in [9.17, 15) is 4.79 Å². The summed E-state index contributed by atoms with van der Waals surface area (Å²) < 4.78 is 6.93. The second-order valence-corrected chi connectivity index (χ2v) is 7.57. The van der Waals surface area contributed by atoms with Gasteiger partial charge in [-0.1, -0.05) is 48.2 Å². The number of thiophene rings is 1. The molecule has 0 amide bonds. The van der Waals surface area contributed by atoms with Gasteiger partial charge in [0, 0.05) is 17.2 Å². The molecule has 2 heterocycles. The minimum absolute atomic E-state index is 0.00745. The maximum atomic E-state index is 12.9. The van der Waals surface area contributed by atoms with Crippen LogP contribution in [0, 0.1) is 0 Å². The maximum absolute atomic E-state index is 12.9. The van der Waals surface area contributed by atoms with Crippen molar-refractivity contribution in [1.82, 2.24) is 9.55 Å². The van der Waals surface area contributed by atoms with Gasteiger partial charge in [0.2, 0.25) is 0 Å². The molecule has 1 aromatic carbocycles. The summed E-state index contributed by atoms with van der Waals surface area (Å²) in [5.74, 6) is 0.659. The van der Waals surface area contributed by atoms with Gasteiger partial charge >= 0.3 is 0 Å². The lowest BCUT2D eigenvalue weighted by Gasteiger charge is -2.09. The summed E-state index contributed by atoms with van der Waals surface area (Å²) in [7, 11) is 0. The van der Waals surface area contributed by atoms with Gasteiger partial charge in [-0.2, -0.15) is 0 Å². The molecule has 136 valence electrons. The summed E-state index contributed by atoms with van der Waals surface area (Å²) in [5.41, 5.74) is 1.03. The number of ether oxygens (including phenoxy) is 1. The molecular weight excluding hydrogens is 368 g/mol. The normalized spacial score (nSPS) is 11.1. The van der Waals surface area contributed by atoms with Crippen LogP contribution < -0.4 is 5.56 Å². The number of fused-ring (bicyclic) bond motifs is 1. The van der Waals surface area contributed by atoms with Crippen molar-refractivity contribution in [2.75, 3.05) is 25.6 Å². The van der Waals surface area contributed by atoms with Gasteiger partial charge in [-0.15, -0.1) is 17.9 Å². The molecule has 0 saturated carbocycles. The molecule has 1 N–H and O–H groups in total. The topological polar surface area (TPSA) is 64.3 Å². The smallest absolute Gasteiger partial charge is 0.263 e. The molecule has 0 spiro atoms. The lowest BCUT2D eigenvalue weighted by atomic mass is 10.2. The van der Waals surface area contributed by atoms with Crippen LogP contribution in [0.2, 0.25) is 0 Å². The number of aromatic nitrogens is 2. The first-order chi connectivity index (χ1) is 12.7. The van der Waals surface area contributed by atoms with E-state index >= 15 is 0 Å². The molecule has 0 atom stereocenters. The summed E-state index contributed by atoms with van der Waals surface area (Å²) in [6.07, 6.45) is 1.70. The van der Waals surface area contributed by atoms with Crippen LogP contribution in [0.3, 0.4) is 0 Å². The fraction of sp³-hybridized carbons (Fsp3) is 0.263. The van der Waals surface area contributed by atoms with Gasteiger partial charge in [0.05, 0.1) is 25.2 Å². The van der Waals surface area contributed by atoms with Crippen LogP contribution in [-0.2, 0) is 11.3 Å². The second kappa shape index (κ2) is 9.14. The Balaban J connectivity index is 1.94. The maximum Gasteiger partial charge on any atom is 0.263 e. The van der Waals surface area contributed by atoms with Crippen LogP contribution in [0.1, 0.15) is 0 Å². The summed E-state index contributed by atoms with van der Waals surface area (Å²) in [5, 5.41) is 10.0. The Hall–Kier alpha value is -1.93. The highest BCUT2D eigenvalue weighted by atomic mass is 32.2. The first-order valence-corrected chi connectivity index (χ1v) is 10.1. The van der Waals surface area contributed by atoms with E-state index in [2.05, 4.69) is 6.58 Å². The number of nitrogens with zero attached hydrogens (tertiary/aromatic N) is 2. The van der Waals surface area contributed by atoms with Gasteiger partial charge in [-0.25, -0.2) is 4.98 Å². The lowest BCUT2D eigenvalue weighted by molar-refractivity contribution is 0.103. The first-order valence-electron chi connectivity index (χ1n) is 8.26. The summed E-state index contributed by atoms with van der Waals surface area (Å²) in [6.45, 7) is 4.98. The Morgan fingerprint density at radius 1 is 1.31 bits per heavy atom. The summed E-state index contributed by atoms with van der Waals surface area (Å²) in [6, 6.07) is 11.9. The number of rotatable bonds is 9. The van der Waals surface area contributed by atoms with Crippen molar-refractivity contribution >= 4 is 33.3 Å². The second-order valence-electron chi connectivity index (χ2n) is 5.48. The molecule has 0 saturated heterocycles. The highest BCUT2D eigenvalue weighted by Crippen LogP contribution is 2.32. The van der Waals surface area contributed by atoms with Crippen LogP contribution in [0.25, 0.3) is 20.7 Å². The van der Waals surface area contributed by atoms with Crippen molar-refractivity contribution in [3.05, 3.63) is 59.4 Å². The number of aliphatic hydroxyl groups excluding tert-OH is 1. The number of allylic oxidation sites excluding steroid dienone is 1. The molecule has 0 radical (unpaired) electrons. The number of aliphatic hydroxyl groups is 1. The predicted octanol–water partition coefficient (Wildman–Crippen LogP) is 3.41. The van der Waals surface area contributed by atoms with E-state index in [1.165, 1.54) is 23.1 Å². The molecular formula is C19H20N2O3S2. The molecule has 2 aromatic heterocycles. The van der Waals surface area contributed by atoms with Gasteiger partial charge in [-0.05, 0) is 11.6 Å². The minimum Gasteiger partial charge on any atom is -0.394 e. The summed E-state index contributed by atoms with van der Waals surface area (Å²) in [4.78, 5) is 19.4. The third-order valence-corrected chi connectivity index (χ3v) is 5.70. The van der Waals surface area contributed by atoms with E-state index in [0.29, 0.717) is 36.1 Å². The molecule has 0 aliphatic rings. The molecule has 26 heavy (non-hydrogen) atoms. The van der Waals surface area contributed by atoms with Gasteiger partial charge in [0.25, 0.3) is 5.56 Å². The van der Waals surface area contributed by atoms with E-state index in [4.69, 9.17) is 14.8 Å². The lowest BCUT2D eigenvalue weighted by Crippen LogP contribution is -2.22. The molecule has 0 unspecified atom stereocenters. The van der Waals surface area contributed by atoms with Crippen LogP contribution in [0.5, 0.6) is 0 Å². The van der Waals surface area contributed by atoms with Crippen LogP contribution >= 0.6 is 23.1 Å². The van der Waals surface area contributed by atoms with Crippen molar-refractivity contribution in [1.29, 1.82) is 0 Å². The molecule has 3 rings (SSSR count). The van der Waals surface area contributed by atoms with Gasteiger partial charge < -0.3 is 9.84 Å². The van der Waals surface area contributed by atoms with Crippen molar-refractivity contribution < 1.29 is 9.84 Å². The Bertz CT molecular complexity index is 935. The van der Waals surface area contributed by atoms with Gasteiger partial charge in [-0.3, -0.25) is 9.36 Å². The van der Waals surface area contributed by atoms with Crippen molar-refractivity contribution in [3.8, 4) is 10.4 Å². The van der Waals surface area contributed by atoms with Crippen molar-refractivity contribution in [2.45, 2.75) is 11.7 Å². The Labute approximate surface area is 160 Å². The number of thioether (sulfide) groups is 1. The molecule has 0 bridgehead atoms. The van der Waals surface area contributed by atoms with E-state index in [1.807, 2.05) is 36.4 Å². The average molecular weight is 389 g/mol. The standard InChI is InChI=1S/C19H20N2O3S2/c1-2-8-21-18(23)15-13-16(14-6-4-3-5-7-14)26-17(15)20-19(21)25-12-11-24-10-9-22/h2-7,13,22H,1,8-12H2. The highest BCUT2D eigenvalue weighted by Gasteiger charge is 2.14. The molecule has 0 fully saturated rings. The van der Waals surface area contributed by atoms with E-state index in [1.54, 1.807) is 10.6 Å². The number of hydrogen-bond donors (Lipinski definition) is 1. The SMILES string of the molecule is C=CCn1c(SCCOCCO)nc2sc(-c3ccccc3)cc2c1=O.